The van der Waals surface area contributed by atoms with Crippen molar-refractivity contribution >= 4 is 23.4 Å². The SMILES string of the molecule is C[C@@H](Sc1nc(C2CC2)n(-c2ccccc2)n1)C(=O)N(C)c1ccccc1. The summed E-state index contributed by atoms with van der Waals surface area (Å²) in [5.74, 6) is 1.51. The fourth-order valence-electron chi connectivity index (χ4n) is 2.98. The standard InChI is InChI=1S/C21H22N4OS/c1-15(20(26)24(2)17-9-5-3-6-10-17)27-21-22-19(16-13-14-16)25(23-21)18-11-7-4-8-12-18/h3-12,15-16H,13-14H2,1-2H3/t15-/m1/s1. The van der Waals surface area contributed by atoms with E-state index in [0.717, 1.165) is 30.0 Å². The van der Waals surface area contributed by atoms with Crippen LogP contribution in [0.4, 0.5) is 5.69 Å². The van der Waals surface area contributed by atoms with Crippen molar-refractivity contribution in [3.8, 4) is 5.69 Å². The Morgan fingerprint density at radius 1 is 1.11 bits per heavy atom. The third-order valence-electron chi connectivity index (χ3n) is 4.66. The average Bonchev–Trinajstić information content (AvgIpc) is 3.48. The van der Waals surface area contributed by atoms with Crippen LogP contribution in [0.1, 0.15) is 31.5 Å². The number of nitrogens with zero attached hydrogens (tertiary/aromatic N) is 4. The molecule has 3 aromatic rings. The van der Waals surface area contributed by atoms with Crippen LogP contribution in [0, 0.1) is 0 Å². The molecule has 0 saturated heterocycles. The molecule has 138 valence electrons. The van der Waals surface area contributed by atoms with Crippen LogP contribution in [-0.4, -0.2) is 33.0 Å². The van der Waals surface area contributed by atoms with Gasteiger partial charge in [0.15, 0.2) is 0 Å². The molecule has 1 fully saturated rings. The van der Waals surface area contributed by atoms with Crippen molar-refractivity contribution in [1.82, 2.24) is 14.8 Å². The molecule has 2 aromatic carbocycles. The van der Waals surface area contributed by atoms with Gasteiger partial charge in [-0.15, -0.1) is 5.10 Å². The maximum atomic E-state index is 12.8. The lowest BCUT2D eigenvalue weighted by atomic mass is 10.3. The first-order valence-electron chi connectivity index (χ1n) is 9.15. The molecule has 1 aliphatic rings. The smallest absolute Gasteiger partial charge is 0.240 e. The summed E-state index contributed by atoms with van der Waals surface area (Å²) in [7, 11) is 1.81. The van der Waals surface area contributed by atoms with E-state index in [1.54, 1.807) is 11.9 Å². The first-order valence-corrected chi connectivity index (χ1v) is 10.0. The Morgan fingerprint density at radius 3 is 2.37 bits per heavy atom. The zero-order valence-corrected chi connectivity index (χ0v) is 16.3. The summed E-state index contributed by atoms with van der Waals surface area (Å²) in [6.07, 6.45) is 2.31. The first-order chi connectivity index (χ1) is 13.1. The number of anilines is 1. The van der Waals surface area contributed by atoms with Gasteiger partial charge in [-0.05, 0) is 44.0 Å². The van der Waals surface area contributed by atoms with Crippen molar-refractivity contribution in [2.75, 3.05) is 11.9 Å². The van der Waals surface area contributed by atoms with Gasteiger partial charge in [0.25, 0.3) is 0 Å². The third-order valence-corrected chi connectivity index (χ3v) is 5.60. The Bertz CT molecular complexity index is 922. The molecule has 4 rings (SSSR count). The molecule has 0 aliphatic heterocycles. The number of carbonyl (C=O) groups is 1. The summed E-state index contributed by atoms with van der Waals surface area (Å²) in [5, 5.41) is 5.08. The summed E-state index contributed by atoms with van der Waals surface area (Å²) in [6, 6.07) is 19.7. The second kappa shape index (κ2) is 7.56. The predicted octanol–water partition coefficient (Wildman–Crippen LogP) is 4.29. The van der Waals surface area contributed by atoms with Crippen molar-refractivity contribution in [1.29, 1.82) is 0 Å². The zero-order valence-electron chi connectivity index (χ0n) is 15.4. The molecule has 1 heterocycles. The third kappa shape index (κ3) is 3.90. The Morgan fingerprint density at radius 2 is 1.74 bits per heavy atom. The van der Waals surface area contributed by atoms with Gasteiger partial charge in [-0.25, -0.2) is 9.67 Å². The Hall–Kier alpha value is -2.60. The lowest BCUT2D eigenvalue weighted by molar-refractivity contribution is -0.117. The summed E-state index contributed by atoms with van der Waals surface area (Å²) in [5.41, 5.74) is 1.90. The summed E-state index contributed by atoms with van der Waals surface area (Å²) < 4.78 is 1.93. The van der Waals surface area contributed by atoms with Crippen LogP contribution in [0.15, 0.2) is 65.8 Å². The highest BCUT2D eigenvalue weighted by atomic mass is 32.2. The highest BCUT2D eigenvalue weighted by Gasteiger charge is 2.31. The normalized spacial score (nSPS) is 14.7. The number of amides is 1. The summed E-state index contributed by atoms with van der Waals surface area (Å²) in [4.78, 5) is 19.2. The van der Waals surface area contributed by atoms with E-state index in [-0.39, 0.29) is 11.2 Å². The molecule has 0 N–H and O–H groups in total. The highest BCUT2D eigenvalue weighted by Crippen LogP contribution is 2.40. The lowest BCUT2D eigenvalue weighted by Crippen LogP contribution is -2.33. The fourth-order valence-corrected chi connectivity index (χ4v) is 3.83. The molecule has 1 amide bonds. The van der Waals surface area contributed by atoms with Crippen molar-refractivity contribution in [2.45, 2.75) is 36.1 Å². The van der Waals surface area contributed by atoms with E-state index >= 15 is 0 Å². The number of thioether (sulfide) groups is 1. The first kappa shape index (κ1) is 17.8. The minimum Gasteiger partial charge on any atom is -0.315 e. The van der Waals surface area contributed by atoms with Gasteiger partial charge in [0, 0.05) is 18.7 Å². The van der Waals surface area contributed by atoms with Crippen LogP contribution >= 0.6 is 11.8 Å². The monoisotopic (exact) mass is 378 g/mol. The van der Waals surface area contributed by atoms with E-state index in [2.05, 4.69) is 0 Å². The summed E-state index contributed by atoms with van der Waals surface area (Å²) >= 11 is 1.42. The van der Waals surface area contributed by atoms with E-state index in [1.165, 1.54) is 11.8 Å². The number of hydrogen-bond donors (Lipinski definition) is 0. The Balaban J connectivity index is 1.53. The highest BCUT2D eigenvalue weighted by molar-refractivity contribution is 8.00. The minimum absolute atomic E-state index is 0.0373. The van der Waals surface area contributed by atoms with Gasteiger partial charge in [-0.2, -0.15) is 0 Å². The van der Waals surface area contributed by atoms with Crippen LogP contribution in [0.25, 0.3) is 5.69 Å². The Kier molecular flexibility index (Phi) is 4.99. The molecule has 27 heavy (non-hydrogen) atoms. The van der Waals surface area contributed by atoms with E-state index < -0.39 is 0 Å². The average molecular weight is 379 g/mol. The molecular formula is C21H22N4OS. The number of aromatic nitrogens is 3. The van der Waals surface area contributed by atoms with E-state index in [4.69, 9.17) is 10.1 Å². The topological polar surface area (TPSA) is 51.0 Å². The maximum absolute atomic E-state index is 12.8. The van der Waals surface area contributed by atoms with Crippen molar-refractivity contribution in [3.63, 3.8) is 0 Å². The van der Waals surface area contributed by atoms with E-state index in [0.29, 0.717) is 11.1 Å². The molecule has 1 saturated carbocycles. The minimum atomic E-state index is -0.270. The zero-order chi connectivity index (χ0) is 18.8. The van der Waals surface area contributed by atoms with Crippen LogP contribution < -0.4 is 4.90 Å². The van der Waals surface area contributed by atoms with Crippen molar-refractivity contribution in [2.24, 2.45) is 0 Å². The van der Waals surface area contributed by atoms with Crippen molar-refractivity contribution < 1.29 is 4.79 Å². The van der Waals surface area contributed by atoms with Gasteiger partial charge >= 0.3 is 0 Å². The molecule has 6 heteroatoms. The summed E-state index contributed by atoms with van der Waals surface area (Å²) in [6.45, 7) is 1.91. The second-order valence-corrected chi connectivity index (χ2v) is 8.08. The number of benzene rings is 2. The molecule has 0 spiro atoms. The molecule has 1 aliphatic carbocycles. The lowest BCUT2D eigenvalue weighted by Gasteiger charge is -2.20. The van der Waals surface area contributed by atoms with Gasteiger partial charge < -0.3 is 4.90 Å². The van der Waals surface area contributed by atoms with Crippen molar-refractivity contribution in [3.05, 3.63) is 66.5 Å². The number of hydrogen-bond acceptors (Lipinski definition) is 4. The van der Waals surface area contributed by atoms with E-state index in [9.17, 15) is 4.79 Å². The molecule has 5 nitrogen and oxygen atoms in total. The molecule has 1 atom stereocenters. The molecule has 0 radical (unpaired) electrons. The predicted molar refractivity (Wildman–Crippen MR) is 109 cm³/mol. The number of para-hydroxylation sites is 2. The van der Waals surface area contributed by atoms with Crippen LogP contribution in [0.2, 0.25) is 0 Å². The Labute approximate surface area is 163 Å². The van der Waals surface area contributed by atoms with Crippen LogP contribution in [-0.2, 0) is 4.79 Å². The van der Waals surface area contributed by atoms with Gasteiger partial charge in [-0.1, -0.05) is 48.2 Å². The number of rotatable bonds is 6. The van der Waals surface area contributed by atoms with Gasteiger partial charge in [0.2, 0.25) is 11.1 Å². The van der Waals surface area contributed by atoms with Gasteiger partial charge in [0.05, 0.1) is 10.9 Å². The van der Waals surface area contributed by atoms with Gasteiger partial charge in [0.1, 0.15) is 5.82 Å². The quantitative estimate of drug-likeness (QED) is 0.601. The second-order valence-electron chi connectivity index (χ2n) is 6.77. The molecule has 0 unspecified atom stereocenters. The van der Waals surface area contributed by atoms with E-state index in [1.807, 2.05) is 72.3 Å². The number of carbonyl (C=O) groups excluding carboxylic acids is 1. The molecular weight excluding hydrogens is 356 g/mol. The van der Waals surface area contributed by atoms with Gasteiger partial charge in [-0.3, -0.25) is 4.79 Å². The fraction of sp³-hybridized carbons (Fsp3) is 0.286. The maximum Gasteiger partial charge on any atom is 0.240 e. The molecule has 0 bridgehead atoms. The largest absolute Gasteiger partial charge is 0.315 e. The van der Waals surface area contributed by atoms with Crippen LogP contribution in [0.3, 0.4) is 0 Å². The molecule has 1 aromatic heterocycles. The van der Waals surface area contributed by atoms with Crippen LogP contribution in [0.5, 0.6) is 0 Å².